The molecule has 2 amide bonds. The maximum Gasteiger partial charge on any atom is 0.414 e. The zero-order valence-corrected chi connectivity index (χ0v) is 19.4. The Hall–Kier alpha value is -4.16. The lowest BCUT2D eigenvalue weighted by molar-refractivity contribution is -0.125. The summed E-state index contributed by atoms with van der Waals surface area (Å²) >= 11 is 0. The van der Waals surface area contributed by atoms with Gasteiger partial charge in [-0.1, -0.05) is 0 Å². The van der Waals surface area contributed by atoms with Gasteiger partial charge in [-0.05, 0) is 24.3 Å². The number of fused-ring (bicyclic) bond motifs is 2. The highest BCUT2D eigenvalue weighted by atomic mass is 16.6. The molecule has 2 aromatic heterocycles. The number of nitrogens with zero attached hydrogens (tertiary/aromatic N) is 3. The van der Waals surface area contributed by atoms with Crippen LogP contribution in [0.2, 0.25) is 0 Å². The smallest absolute Gasteiger partial charge is 0.414 e. The molecule has 12 heteroatoms. The summed E-state index contributed by atoms with van der Waals surface area (Å²) in [5.41, 5.74) is 7.91. The summed E-state index contributed by atoms with van der Waals surface area (Å²) < 4.78 is 21.6. The molecule has 1 aromatic carbocycles. The van der Waals surface area contributed by atoms with Crippen molar-refractivity contribution in [3.05, 3.63) is 48.2 Å². The number of aromatic nitrogens is 2. The number of aliphatic hydroxyl groups excluding tert-OH is 1. The first-order valence-electron chi connectivity index (χ1n) is 11.3. The van der Waals surface area contributed by atoms with E-state index in [1.54, 1.807) is 36.4 Å². The third-order valence-corrected chi connectivity index (χ3v) is 5.98. The number of carbonyl (C=O) groups excluding carboxylic acids is 2. The van der Waals surface area contributed by atoms with Crippen LogP contribution in [0.1, 0.15) is 11.7 Å². The van der Waals surface area contributed by atoms with Crippen LogP contribution in [0.15, 0.2) is 42.6 Å². The zero-order chi connectivity index (χ0) is 25.2. The molecule has 2 aliphatic rings. The maximum atomic E-state index is 12.7. The van der Waals surface area contributed by atoms with Gasteiger partial charge in [-0.3, -0.25) is 14.7 Å². The van der Waals surface area contributed by atoms with E-state index in [4.69, 9.17) is 24.7 Å². The van der Waals surface area contributed by atoms with Crippen molar-refractivity contribution in [1.29, 1.82) is 0 Å². The maximum absolute atomic E-state index is 12.7. The molecule has 36 heavy (non-hydrogen) atoms. The molecule has 1 unspecified atom stereocenters. The SMILES string of the molecule is COc1ccc2nccc([C@@H](O)[C@H](N)C(=O)NCC3CN(c4ccc5c(c4)OCCO5)C(=O)O3)c2n1. The van der Waals surface area contributed by atoms with Crippen molar-refractivity contribution in [2.75, 3.05) is 38.3 Å². The number of carbonyl (C=O) groups is 2. The molecular weight excluding hydrogens is 470 g/mol. The number of pyridine rings is 2. The highest BCUT2D eigenvalue weighted by molar-refractivity contribution is 5.90. The Kier molecular flexibility index (Phi) is 6.44. The van der Waals surface area contributed by atoms with E-state index in [1.807, 2.05) is 0 Å². The number of nitrogens with one attached hydrogen (secondary N) is 1. The van der Waals surface area contributed by atoms with Crippen LogP contribution < -0.4 is 30.2 Å². The molecule has 0 bridgehead atoms. The molecule has 4 heterocycles. The number of methoxy groups -OCH3 is 1. The summed E-state index contributed by atoms with van der Waals surface area (Å²) in [5, 5.41) is 13.5. The molecule has 1 fully saturated rings. The van der Waals surface area contributed by atoms with E-state index in [9.17, 15) is 14.7 Å². The molecule has 3 aromatic rings. The largest absolute Gasteiger partial charge is 0.486 e. The van der Waals surface area contributed by atoms with Gasteiger partial charge in [0.25, 0.3) is 0 Å². The van der Waals surface area contributed by atoms with Crippen LogP contribution in [-0.2, 0) is 9.53 Å². The van der Waals surface area contributed by atoms with E-state index in [0.29, 0.717) is 52.9 Å². The first kappa shape index (κ1) is 23.6. The Balaban J connectivity index is 1.22. The molecule has 0 aliphatic carbocycles. The molecule has 2 aliphatic heterocycles. The first-order chi connectivity index (χ1) is 17.4. The molecule has 0 spiro atoms. The molecule has 1 saturated heterocycles. The summed E-state index contributed by atoms with van der Waals surface area (Å²) in [7, 11) is 1.48. The molecule has 188 valence electrons. The van der Waals surface area contributed by atoms with Crippen LogP contribution >= 0.6 is 0 Å². The monoisotopic (exact) mass is 495 g/mol. The Morgan fingerprint density at radius 1 is 1.25 bits per heavy atom. The fourth-order valence-electron chi connectivity index (χ4n) is 4.09. The number of cyclic esters (lactones) is 1. The third kappa shape index (κ3) is 4.55. The molecular formula is C24H25N5O7. The molecule has 5 rings (SSSR count). The number of ether oxygens (including phenoxy) is 4. The van der Waals surface area contributed by atoms with Gasteiger partial charge >= 0.3 is 6.09 Å². The van der Waals surface area contributed by atoms with Crippen LogP contribution in [0.4, 0.5) is 10.5 Å². The lowest BCUT2D eigenvalue weighted by Crippen LogP contribution is -2.47. The van der Waals surface area contributed by atoms with Gasteiger partial charge in [-0.25, -0.2) is 9.78 Å². The standard InChI is InChI=1S/C24H25N5O7/c1-33-19-5-3-16-21(28-19)15(6-7-26-16)22(30)20(25)23(31)27-11-14-12-29(24(32)36-14)13-2-4-17-18(10-13)35-9-8-34-17/h2-7,10,14,20,22,30H,8-9,11-12,25H2,1H3,(H,27,31)/t14?,20-,22+/m0/s1. The second-order valence-corrected chi connectivity index (χ2v) is 8.28. The van der Waals surface area contributed by atoms with Crippen molar-refractivity contribution in [2.45, 2.75) is 18.2 Å². The minimum absolute atomic E-state index is 0.0230. The summed E-state index contributed by atoms with van der Waals surface area (Å²) in [4.78, 5) is 35.2. The Bertz CT molecular complexity index is 1300. The number of hydrogen-bond donors (Lipinski definition) is 3. The molecule has 12 nitrogen and oxygen atoms in total. The number of hydrogen-bond acceptors (Lipinski definition) is 10. The highest BCUT2D eigenvalue weighted by Gasteiger charge is 2.34. The average molecular weight is 495 g/mol. The van der Waals surface area contributed by atoms with Crippen molar-refractivity contribution in [1.82, 2.24) is 15.3 Å². The number of benzene rings is 1. The van der Waals surface area contributed by atoms with Crippen LogP contribution in [0.3, 0.4) is 0 Å². The topological polar surface area (TPSA) is 158 Å². The van der Waals surface area contributed by atoms with E-state index in [1.165, 1.54) is 18.2 Å². The second-order valence-electron chi connectivity index (χ2n) is 8.28. The molecule has 0 radical (unpaired) electrons. The number of rotatable bonds is 7. The Labute approximate surface area is 205 Å². The number of nitrogens with two attached hydrogens (primary N) is 1. The van der Waals surface area contributed by atoms with Crippen LogP contribution in [0, 0.1) is 0 Å². The summed E-state index contributed by atoms with van der Waals surface area (Å²) in [6, 6.07) is 8.79. The average Bonchev–Trinajstić information content (AvgIpc) is 3.30. The minimum atomic E-state index is -1.35. The van der Waals surface area contributed by atoms with Crippen molar-refractivity contribution >= 4 is 28.7 Å². The van der Waals surface area contributed by atoms with Gasteiger partial charge < -0.3 is 35.1 Å². The minimum Gasteiger partial charge on any atom is -0.486 e. The number of amides is 2. The van der Waals surface area contributed by atoms with Crippen LogP contribution in [0.25, 0.3) is 11.0 Å². The van der Waals surface area contributed by atoms with Crippen LogP contribution in [0.5, 0.6) is 17.4 Å². The van der Waals surface area contributed by atoms with Gasteiger partial charge in [0.1, 0.15) is 31.5 Å². The number of aliphatic hydroxyl groups is 1. The highest BCUT2D eigenvalue weighted by Crippen LogP contribution is 2.35. The van der Waals surface area contributed by atoms with E-state index < -0.39 is 30.3 Å². The van der Waals surface area contributed by atoms with E-state index in [0.717, 1.165) is 0 Å². The van der Waals surface area contributed by atoms with Crippen LogP contribution in [-0.4, -0.2) is 72.6 Å². The normalized spacial score (nSPS) is 18.5. The lowest BCUT2D eigenvalue weighted by atomic mass is 10.0. The van der Waals surface area contributed by atoms with E-state index >= 15 is 0 Å². The van der Waals surface area contributed by atoms with Crippen molar-refractivity contribution < 1.29 is 33.6 Å². The fraction of sp³-hybridized carbons (Fsp3) is 0.333. The van der Waals surface area contributed by atoms with Crippen molar-refractivity contribution in [2.24, 2.45) is 5.73 Å². The first-order valence-corrected chi connectivity index (χ1v) is 11.3. The summed E-state index contributed by atoms with van der Waals surface area (Å²) in [6.07, 6.45) is -0.995. The molecule has 0 saturated carbocycles. The van der Waals surface area contributed by atoms with Gasteiger partial charge in [0.15, 0.2) is 11.5 Å². The molecule has 3 atom stereocenters. The predicted octanol–water partition coefficient (Wildman–Crippen LogP) is 0.912. The second kappa shape index (κ2) is 9.84. The van der Waals surface area contributed by atoms with Crippen molar-refractivity contribution in [3.8, 4) is 17.4 Å². The fourth-order valence-corrected chi connectivity index (χ4v) is 4.09. The van der Waals surface area contributed by atoms with Gasteiger partial charge in [-0.15, -0.1) is 0 Å². The van der Waals surface area contributed by atoms with Gasteiger partial charge in [0.05, 0.1) is 36.9 Å². The van der Waals surface area contributed by atoms with Crippen molar-refractivity contribution in [3.63, 3.8) is 0 Å². The Morgan fingerprint density at radius 3 is 2.86 bits per heavy atom. The summed E-state index contributed by atoms with van der Waals surface area (Å²) in [5.74, 6) is 0.903. The van der Waals surface area contributed by atoms with Gasteiger partial charge in [0, 0.05) is 23.9 Å². The number of anilines is 1. The summed E-state index contributed by atoms with van der Waals surface area (Å²) in [6.45, 7) is 1.14. The van der Waals surface area contributed by atoms with Gasteiger partial charge in [0.2, 0.25) is 11.8 Å². The molecule has 4 N–H and O–H groups in total. The predicted molar refractivity (Wildman–Crippen MR) is 127 cm³/mol. The van der Waals surface area contributed by atoms with Gasteiger partial charge in [-0.2, -0.15) is 0 Å². The lowest BCUT2D eigenvalue weighted by Gasteiger charge is -2.21. The quantitative estimate of drug-likeness (QED) is 0.430. The zero-order valence-electron chi connectivity index (χ0n) is 19.4. The Morgan fingerprint density at radius 2 is 2.06 bits per heavy atom. The van der Waals surface area contributed by atoms with E-state index in [2.05, 4.69) is 15.3 Å². The third-order valence-electron chi connectivity index (χ3n) is 5.98. The van der Waals surface area contributed by atoms with E-state index in [-0.39, 0.29) is 13.1 Å².